The Morgan fingerprint density at radius 3 is 2.69 bits per heavy atom. The van der Waals surface area contributed by atoms with Crippen molar-refractivity contribution in [1.82, 2.24) is 15.2 Å². The summed E-state index contributed by atoms with van der Waals surface area (Å²) in [5.41, 5.74) is -0.394. The van der Waals surface area contributed by atoms with Gasteiger partial charge in [0.25, 0.3) is 12.0 Å². The van der Waals surface area contributed by atoms with E-state index in [0.29, 0.717) is 25.0 Å². The number of thioether (sulfide) groups is 1. The van der Waals surface area contributed by atoms with Crippen molar-refractivity contribution >= 4 is 35.0 Å². The maximum Gasteiger partial charge on any atom is 0.402 e. The van der Waals surface area contributed by atoms with Gasteiger partial charge < -0.3 is 15.2 Å². The quantitative estimate of drug-likeness (QED) is 0.464. The van der Waals surface area contributed by atoms with Crippen molar-refractivity contribution in [3.05, 3.63) is 28.2 Å². The summed E-state index contributed by atoms with van der Waals surface area (Å²) in [5, 5.41) is 4.24. The normalized spacial score (nSPS) is 27.6. The number of hydrogen-bond donors (Lipinski definition) is 3. The number of carbonyl (C=O) groups is 1. The number of alkyl halides is 6. The van der Waals surface area contributed by atoms with Crippen LogP contribution >= 0.6 is 23.4 Å². The number of carbonyl (C=O) groups excluding carboxylic acids is 1. The second-order valence-electron chi connectivity index (χ2n) is 6.75. The van der Waals surface area contributed by atoms with Gasteiger partial charge in [-0.15, -0.1) is 23.4 Å². The first-order valence-electron chi connectivity index (χ1n) is 8.70. The lowest BCUT2D eigenvalue weighted by Crippen LogP contribution is -2.32. The third-order valence-electron chi connectivity index (χ3n) is 4.61. The highest BCUT2D eigenvalue weighted by atomic mass is 35.5. The van der Waals surface area contributed by atoms with Crippen LogP contribution in [0.15, 0.2) is 17.1 Å². The van der Waals surface area contributed by atoms with Gasteiger partial charge in [-0.3, -0.25) is 14.9 Å². The van der Waals surface area contributed by atoms with Crippen molar-refractivity contribution in [2.45, 2.75) is 47.5 Å². The van der Waals surface area contributed by atoms with Gasteiger partial charge >= 0.3 is 6.18 Å². The second kappa shape index (κ2) is 8.78. The minimum atomic E-state index is -4.54. The van der Waals surface area contributed by atoms with E-state index in [1.807, 2.05) is 0 Å². The number of halogens is 6. The van der Waals surface area contributed by atoms with Gasteiger partial charge in [-0.1, -0.05) is 0 Å². The highest BCUT2D eigenvalue weighted by Gasteiger charge is 2.52. The zero-order chi connectivity index (χ0) is 21.3. The van der Waals surface area contributed by atoms with Gasteiger partial charge in [0.1, 0.15) is 5.25 Å². The lowest BCUT2D eigenvalue weighted by Gasteiger charge is -2.17. The van der Waals surface area contributed by atoms with Crippen LogP contribution in [0.25, 0.3) is 0 Å². The predicted octanol–water partition coefficient (Wildman–Crippen LogP) is 2.29. The van der Waals surface area contributed by atoms with Gasteiger partial charge in [0, 0.05) is 25.0 Å². The lowest BCUT2D eigenvalue weighted by atomic mass is 10.1. The summed E-state index contributed by atoms with van der Waals surface area (Å²) >= 11 is 6.18. The molecule has 0 spiro atoms. The average molecular weight is 461 g/mol. The van der Waals surface area contributed by atoms with E-state index < -0.39 is 52.5 Å². The Hall–Kier alpha value is -1.37. The van der Waals surface area contributed by atoms with Crippen LogP contribution in [0.1, 0.15) is 18.0 Å². The number of amides is 1. The monoisotopic (exact) mass is 460 g/mol. The highest BCUT2D eigenvalue weighted by Crippen LogP contribution is 2.45. The van der Waals surface area contributed by atoms with E-state index in [9.17, 15) is 31.5 Å². The molecular weight excluding hydrogens is 443 g/mol. The largest absolute Gasteiger partial charge is 0.402 e. The minimum Gasteiger partial charge on any atom is -0.324 e. The zero-order valence-corrected chi connectivity index (χ0v) is 16.4. The van der Waals surface area contributed by atoms with E-state index in [2.05, 4.69) is 16.0 Å². The van der Waals surface area contributed by atoms with E-state index in [0.717, 1.165) is 10.8 Å². The number of rotatable bonds is 5. The van der Waals surface area contributed by atoms with Gasteiger partial charge in [0.05, 0.1) is 28.9 Å². The summed E-state index contributed by atoms with van der Waals surface area (Å²) in [4.78, 5) is 24.9. The Bertz CT molecular complexity index is 815. The van der Waals surface area contributed by atoms with Crippen molar-refractivity contribution < 1.29 is 26.7 Å². The summed E-state index contributed by atoms with van der Waals surface area (Å²) in [6.07, 6.45) is -6.45. The summed E-state index contributed by atoms with van der Waals surface area (Å²) in [7, 11) is 0. The van der Waals surface area contributed by atoms with Crippen molar-refractivity contribution in [2.24, 2.45) is 0 Å². The smallest absolute Gasteiger partial charge is 0.324 e. The fraction of sp³-hybridized carbons (Fsp3) is 0.625. The van der Waals surface area contributed by atoms with Gasteiger partial charge in [-0.25, -0.2) is 8.78 Å². The summed E-state index contributed by atoms with van der Waals surface area (Å²) in [6.45, 7) is -0.0566. The van der Waals surface area contributed by atoms with Gasteiger partial charge in [-0.2, -0.15) is 13.2 Å². The van der Waals surface area contributed by atoms with E-state index in [4.69, 9.17) is 11.6 Å². The Balaban J connectivity index is 1.82. The minimum absolute atomic E-state index is 0.0566. The third kappa shape index (κ3) is 5.22. The highest BCUT2D eigenvalue weighted by molar-refractivity contribution is 8.01. The standard InChI is InChI=1S/C16H18ClF5N4O2S/c17-9-2-11(29-13(9)16(20,21)22)14(27)25-7-1-8(10-3-23-6-24-10)15(28)26(4-7)5-12(18)19/h1,4,9-13,23-24H,2-3,5-6H2,(H,25,27). The Kier molecular flexibility index (Phi) is 6.76. The summed E-state index contributed by atoms with van der Waals surface area (Å²) < 4.78 is 65.4. The molecule has 2 saturated heterocycles. The molecular formula is C16H18ClF5N4O2S. The van der Waals surface area contributed by atoms with Gasteiger partial charge in [-0.05, 0) is 12.5 Å². The molecule has 0 aromatic carbocycles. The summed E-state index contributed by atoms with van der Waals surface area (Å²) in [6, 6.07) is 0.914. The number of nitrogens with zero attached hydrogens (tertiary/aromatic N) is 1. The first kappa shape index (κ1) is 22.3. The number of pyridine rings is 1. The molecule has 2 aliphatic heterocycles. The molecule has 0 bridgehead atoms. The molecule has 0 radical (unpaired) electrons. The zero-order valence-electron chi connectivity index (χ0n) is 14.8. The van der Waals surface area contributed by atoms with E-state index in [1.54, 1.807) is 0 Å². The van der Waals surface area contributed by atoms with Crippen molar-refractivity contribution in [2.75, 3.05) is 18.5 Å². The lowest BCUT2D eigenvalue weighted by molar-refractivity contribution is -0.128. The summed E-state index contributed by atoms with van der Waals surface area (Å²) in [5.74, 6) is -0.724. The van der Waals surface area contributed by atoms with Gasteiger partial charge in [0.2, 0.25) is 5.91 Å². The van der Waals surface area contributed by atoms with Gasteiger partial charge in [0.15, 0.2) is 0 Å². The molecule has 1 aromatic heterocycles. The van der Waals surface area contributed by atoms with E-state index >= 15 is 0 Å². The Labute approximate surface area is 171 Å². The number of aromatic nitrogens is 1. The van der Waals surface area contributed by atoms with E-state index in [-0.39, 0.29) is 17.7 Å². The van der Waals surface area contributed by atoms with Crippen LogP contribution in [0.3, 0.4) is 0 Å². The molecule has 3 heterocycles. The van der Waals surface area contributed by atoms with Crippen LogP contribution in [0.5, 0.6) is 0 Å². The molecule has 13 heteroatoms. The molecule has 1 aromatic rings. The Morgan fingerprint density at radius 1 is 1.41 bits per heavy atom. The number of nitrogens with one attached hydrogen (secondary N) is 3. The molecule has 0 aliphatic carbocycles. The van der Waals surface area contributed by atoms with Crippen molar-refractivity contribution in [1.29, 1.82) is 0 Å². The van der Waals surface area contributed by atoms with Crippen LogP contribution in [-0.4, -0.2) is 52.2 Å². The molecule has 29 heavy (non-hydrogen) atoms. The number of hydrogen-bond acceptors (Lipinski definition) is 5. The van der Waals surface area contributed by atoms with Crippen LogP contribution in [-0.2, 0) is 11.3 Å². The van der Waals surface area contributed by atoms with Crippen molar-refractivity contribution in [3.63, 3.8) is 0 Å². The van der Waals surface area contributed by atoms with E-state index in [1.165, 1.54) is 6.07 Å². The molecule has 2 aliphatic rings. The van der Waals surface area contributed by atoms with Crippen LogP contribution in [0.4, 0.5) is 27.6 Å². The first-order valence-corrected chi connectivity index (χ1v) is 10.1. The molecule has 6 nitrogen and oxygen atoms in total. The molecule has 4 atom stereocenters. The average Bonchev–Trinajstić information content (AvgIpc) is 3.26. The first-order chi connectivity index (χ1) is 13.6. The predicted molar refractivity (Wildman–Crippen MR) is 99.6 cm³/mol. The SMILES string of the molecule is O=C(Nc1cc(C2CNCN2)c(=O)n(CC(F)F)c1)C1CC(Cl)C(C(F)(F)F)S1. The van der Waals surface area contributed by atoms with Crippen LogP contribution in [0, 0.1) is 0 Å². The maximum absolute atomic E-state index is 13.0. The maximum atomic E-state index is 13.0. The molecule has 4 unspecified atom stereocenters. The van der Waals surface area contributed by atoms with Crippen molar-refractivity contribution in [3.8, 4) is 0 Å². The fourth-order valence-electron chi connectivity index (χ4n) is 3.28. The topological polar surface area (TPSA) is 75.2 Å². The molecule has 3 N–H and O–H groups in total. The second-order valence-corrected chi connectivity index (χ2v) is 8.66. The van der Waals surface area contributed by atoms with Crippen LogP contribution in [0.2, 0.25) is 0 Å². The Morgan fingerprint density at radius 2 is 2.14 bits per heavy atom. The molecule has 2 fully saturated rings. The molecule has 162 valence electrons. The third-order valence-corrected chi connectivity index (χ3v) is 6.81. The number of anilines is 1. The van der Waals surface area contributed by atoms with Crippen LogP contribution < -0.4 is 21.5 Å². The molecule has 3 rings (SSSR count). The molecule has 0 saturated carbocycles. The molecule has 1 amide bonds. The fourth-order valence-corrected chi connectivity index (χ4v) is 5.18.